The molecule has 10 nitrogen and oxygen atoms in total. The molecule has 0 radical (unpaired) electrons. The van der Waals surface area contributed by atoms with Gasteiger partial charge >= 0.3 is 0 Å². The van der Waals surface area contributed by atoms with Crippen molar-refractivity contribution in [2.45, 2.75) is 155 Å². The topological polar surface area (TPSA) is 143 Å². The Kier molecular flexibility index (Phi) is 17.0. The Labute approximate surface area is 333 Å². The molecule has 0 spiro atoms. The summed E-state index contributed by atoms with van der Waals surface area (Å²) in [4.78, 5) is 14.6. The maximum absolute atomic E-state index is 14.6. The van der Waals surface area contributed by atoms with E-state index in [1.54, 1.807) is 12.1 Å². The highest BCUT2D eigenvalue weighted by atomic mass is 16.5. The van der Waals surface area contributed by atoms with Gasteiger partial charge in [0, 0.05) is 48.4 Å². The zero-order chi connectivity index (χ0) is 40.0. The normalized spacial score (nSPS) is 17.3. The Morgan fingerprint density at radius 2 is 1.16 bits per heavy atom. The summed E-state index contributed by atoms with van der Waals surface area (Å²) in [5.41, 5.74) is 3.16. The number of hydrogen-bond acceptors (Lipinski definition) is 10. The number of phenols is 1. The number of aromatic hydroxyl groups is 1. The van der Waals surface area contributed by atoms with Crippen molar-refractivity contribution < 1.29 is 33.9 Å². The summed E-state index contributed by atoms with van der Waals surface area (Å²) in [7, 11) is 1.54. The highest BCUT2D eigenvalue weighted by Crippen LogP contribution is 2.42. The molecule has 3 aromatic rings. The Hall–Kier alpha value is -3.57. The monoisotopic (exact) mass is 776 g/mol. The molecule has 0 saturated heterocycles. The van der Waals surface area contributed by atoms with Crippen molar-refractivity contribution in [3.8, 4) is 23.0 Å². The summed E-state index contributed by atoms with van der Waals surface area (Å²) in [5.74, 6) is 0.869. The van der Waals surface area contributed by atoms with Crippen molar-refractivity contribution in [2.24, 2.45) is 0 Å². The van der Waals surface area contributed by atoms with Gasteiger partial charge in [0.05, 0.1) is 12.5 Å². The van der Waals surface area contributed by atoms with E-state index in [2.05, 4.69) is 10.6 Å². The second-order valence-corrected chi connectivity index (χ2v) is 16.6. The lowest BCUT2D eigenvalue weighted by atomic mass is 9.96. The Morgan fingerprint density at radius 3 is 1.66 bits per heavy atom. The fourth-order valence-electron chi connectivity index (χ4n) is 8.08. The standard InChI is InChI=1S/C46H68N2O8/c1-30(2)20-22-36-38(54-28-34(49)26-47-32-16-12-8-6-9-13-17-32)24-40-43(44(36)51)45(52)42-37(23-21-31(3)4)46(53-5)41(25-39(42)56-40)55-29-35(50)27-48-33-18-14-10-7-11-15-19-33/h20-21,24-25,32-35,47-51H,6-19,22-23,26-29H2,1-5H3. The molecule has 2 saturated carbocycles. The van der Waals surface area contributed by atoms with E-state index in [-0.39, 0.29) is 35.5 Å². The Bertz CT molecular complexity index is 1820. The van der Waals surface area contributed by atoms with E-state index in [0.29, 0.717) is 71.8 Å². The van der Waals surface area contributed by atoms with Gasteiger partial charge in [-0.25, -0.2) is 0 Å². The van der Waals surface area contributed by atoms with Crippen LogP contribution in [0.5, 0.6) is 23.0 Å². The van der Waals surface area contributed by atoms with Gasteiger partial charge in [-0.05, 0) is 66.2 Å². The number of benzene rings is 2. The fourth-order valence-corrected chi connectivity index (χ4v) is 8.08. The van der Waals surface area contributed by atoms with Crippen LogP contribution in [0.4, 0.5) is 0 Å². The lowest BCUT2D eigenvalue weighted by Gasteiger charge is -2.23. The van der Waals surface area contributed by atoms with Crippen molar-refractivity contribution in [3.05, 3.63) is 56.8 Å². The third-order valence-corrected chi connectivity index (χ3v) is 11.3. The molecular weight excluding hydrogens is 709 g/mol. The van der Waals surface area contributed by atoms with Crippen molar-refractivity contribution >= 4 is 21.9 Å². The number of nitrogens with one attached hydrogen (secondary N) is 2. The molecule has 56 heavy (non-hydrogen) atoms. The van der Waals surface area contributed by atoms with Crippen molar-refractivity contribution in [2.75, 3.05) is 33.4 Å². The smallest absolute Gasteiger partial charge is 0.204 e. The van der Waals surface area contributed by atoms with E-state index in [1.807, 2.05) is 39.8 Å². The minimum absolute atomic E-state index is 0.00424. The third kappa shape index (κ3) is 12.2. The largest absolute Gasteiger partial charge is 0.507 e. The van der Waals surface area contributed by atoms with Gasteiger partial charge in [0.15, 0.2) is 11.5 Å². The molecule has 2 unspecified atom stereocenters. The Morgan fingerprint density at radius 1 is 0.714 bits per heavy atom. The van der Waals surface area contributed by atoms with Crippen molar-refractivity contribution in [1.82, 2.24) is 10.6 Å². The van der Waals surface area contributed by atoms with E-state index < -0.39 is 17.6 Å². The quantitative estimate of drug-likeness (QED) is 0.0669. The predicted octanol–water partition coefficient (Wildman–Crippen LogP) is 8.56. The maximum Gasteiger partial charge on any atom is 0.204 e. The zero-order valence-corrected chi connectivity index (χ0v) is 34.6. The molecule has 2 aromatic carbocycles. The number of hydrogen-bond donors (Lipinski definition) is 5. The summed E-state index contributed by atoms with van der Waals surface area (Å²) in [6.07, 6.45) is 20.0. The third-order valence-electron chi connectivity index (χ3n) is 11.3. The van der Waals surface area contributed by atoms with Gasteiger partial charge in [0.25, 0.3) is 0 Å². The summed E-state index contributed by atoms with van der Waals surface area (Å²) in [5, 5.41) is 41.2. The molecule has 10 heteroatoms. The zero-order valence-electron chi connectivity index (χ0n) is 34.6. The second-order valence-electron chi connectivity index (χ2n) is 16.6. The first-order valence-electron chi connectivity index (χ1n) is 21.3. The van der Waals surface area contributed by atoms with Crippen LogP contribution in [0.1, 0.15) is 129 Å². The second kappa shape index (κ2) is 21.8. The predicted molar refractivity (Wildman–Crippen MR) is 226 cm³/mol. The SMILES string of the molecule is COc1c(OCC(O)CNC2CCCCCCC2)cc2oc3cc(OCC(O)CNC4CCCCCCC4)c(CC=C(C)C)c(O)c3c(=O)c2c1CC=C(C)C. The van der Waals surface area contributed by atoms with E-state index in [4.69, 9.17) is 18.6 Å². The van der Waals surface area contributed by atoms with Crippen LogP contribution in [0.15, 0.2) is 44.6 Å². The van der Waals surface area contributed by atoms with Crippen LogP contribution < -0.4 is 30.3 Å². The molecule has 5 rings (SSSR count). The summed E-state index contributed by atoms with van der Waals surface area (Å²) >= 11 is 0. The molecular formula is C46H68N2O8. The first kappa shape index (κ1) is 43.6. The number of ether oxygens (including phenoxy) is 3. The van der Waals surface area contributed by atoms with Gasteiger partial charge < -0.3 is 44.6 Å². The highest BCUT2D eigenvalue weighted by molar-refractivity contribution is 5.98. The van der Waals surface area contributed by atoms with Gasteiger partial charge in [-0.1, -0.05) is 87.5 Å². The number of allylic oxidation sites excluding steroid dienone is 4. The van der Waals surface area contributed by atoms with Crippen molar-refractivity contribution in [3.63, 3.8) is 0 Å². The lowest BCUT2D eigenvalue weighted by Crippen LogP contribution is -2.38. The number of rotatable bonds is 17. The van der Waals surface area contributed by atoms with Gasteiger partial charge in [-0.2, -0.15) is 0 Å². The molecule has 2 atom stereocenters. The van der Waals surface area contributed by atoms with Crippen LogP contribution in [-0.4, -0.2) is 73.0 Å². The number of methoxy groups -OCH3 is 1. The molecule has 0 aliphatic heterocycles. The summed E-state index contributed by atoms with van der Waals surface area (Å²) in [6.45, 7) is 8.75. The van der Waals surface area contributed by atoms with Crippen LogP contribution in [0, 0.1) is 0 Å². The van der Waals surface area contributed by atoms with Crippen LogP contribution >= 0.6 is 0 Å². The molecule has 310 valence electrons. The lowest BCUT2D eigenvalue weighted by molar-refractivity contribution is 0.101. The molecule has 1 aromatic heterocycles. The molecule has 0 amide bonds. The van der Waals surface area contributed by atoms with E-state index >= 15 is 0 Å². The van der Waals surface area contributed by atoms with Crippen LogP contribution in [0.3, 0.4) is 0 Å². The minimum atomic E-state index is -0.773. The van der Waals surface area contributed by atoms with Gasteiger partial charge in [0.2, 0.25) is 5.43 Å². The molecule has 2 fully saturated rings. The highest BCUT2D eigenvalue weighted by Gasteiger charge is 2.25. The number of aliphatic hydroxyl groups excluding tert-OH is 2. The van der Waals surface area contributed by atoms with Gasteiger partial charge in [0.1, 0.15) is 53.5 Å². The first-order valence-corrected chi connectivity index (χ1v) is 21.3. The maximum atomic E-state index is 14.6. The van der Waals surface area contributed by atoms with Crippen LogP contribution in [0.2, 0.25) is 0 Å². The number of phenolic OH excluding ortho intramolecular Hbond substituents is 1. The van der Waals surface area contributed by atoms with Crippen LogP contribution in [0.25, 0.3) is 21.9 Å². The van der Waals surface area contributed by atoms with Gasteiger partial charge in [-0.15, -0.1) is 0 Å². The van der Waals surface area contributed by atoms with Crippen molar-refractivity contribution in [1.29, 1.82) is 0 Å². The van der Waals surface area contributed by atoms with Crippen LogP contribution in [-0.2, 0) is 12.8 Å². The number of fused-ring (bicyclic) bond motifs is 2. The number of aliphatic hydroxyl groups is 2. The summed E-state index contributed by atoms with van der Waals surface area (Å²) in [6, 6.07) is 4.05. The average molecular weight is 777 g/mol. The first-order chi connectivity index (χ1) is 27.0. The fraction of sp³-hybridized carbons (Fsp3) is 0.630. The van der Waals surface area contributed by atoms with E-state index in [0.717, 1.165) is 36.8 Å². The molecule has 2 aliphatic rings. The average Bonchev–Trinajstić information content (AvgIpc) is 3.13. The van der Waals surface area contributed by atoms with E-state index in [1.165, 1.54) is 71.3 Å². The molecule has 1 heterocycles. The molecule has 5 N–H and O–H groups in total. The minimum Gasteiger partial charge on any atom is -0.507 e. The molecule has 2 aliphatic carbocycles. The van der Waals surface area contributed by atoms with E-state index in [9.17, 15) is 20.1 Å². The summed E-state index contributed by atoms with van der Waals surface area (Å²) < 4.78 is 24.8. The molecule has 0 bridgehead atoms. The Balaban J connectivity index is 1.46. The van der Waals surface area contributed by atoms with Gasteiger partial charge in [-0.3, -0.25) is 4.79 Å².